The van der Waals surface area contributed by atoms with E-state index in [0.29, 0.717) is 0 Å². The molecule has 0 N–H and O–H groups in total. The average Bonchev–Trinajstić information content (AvgIpc) is 3.74. The molecule has 69 heavy (non-hydrogen) atoms. The molecule has 0 atom stereocenters. The highest BCUT2D eigenvalue weighted by atomic mass is 16.3. The number of furan rings is 1. The first-order valence-electron chi connectivity index (χ1n) is 23.8. The number of nitrogens with zero attached hydrogens (tertiary/aromatic N) is 2. The van der Waals surface area contributed by atoms with E-state index in [2.05, 4.69) is 279 Å². The van der Waals surface area contributed by atoms with Crippen LogP contribution in [0.2, 0.25) is 0 Å². The summed E-state index contributed by atoms with van der Waals surface area (Å²) < 4.78 is 6.84. The minimum atomic E-state index is 0.0464. The van der Waals surface area contributed by atoms with Gasteiger partial charge in [0.1, 0.15) is 11.2 Å². The van der Waals surface area contributed by atoms with Crippen LogP contribution in [0.4, 0.5) is 34.1 Å². The van der Waals surface area contributed by atoms with Crippen molar-refractivity contribution < 1.29 is 4.42 Å². The second kappa shape index (κ2) is 17.2. The van der Waals surface area contributed by atoms with Crippen LogP contribution in [0, 0.1) is 0 Å². The Morgan fingerprint density at radius 3 is 1.23 bits per heavy atom. The van der Waals surface area contributed by atoms with Gasteiger partial charge in [0.25, 0.3) is 0 Å². The van der Waals surface area contributed by atoms with Gasteiger partial charge in [-0.25, -0.2) is 0 Å². The molecule has 0 amide bonds. The van der Waals surface area contributed by atoms with Crippen molar-refractivity contribution in [1.82, 2.24) is 0 Å². The average molecular weight is 887 g/mol. The number of hydrogen-bond donors (Lipinski definition) is 0. The maximum absolute atomic E-state index is 6.84. The molecule has 0 aliphatic rings. The SMILES string of the molecule is CC(C)(C)c1ccc(N(c2ccc3cc4c(cc3c2)oc2cc3cc(N(c5cccc(-c6ccccc6)c5)c5ccccc5-c5ccccc5)ccc3cc24)c2ccccc2-c2ccccc2)cc1. The third-order valence-corrected chi connectivity index (χ3v) is 13.5. The zero-order chi connectivity index (χ0) is 46.5. The zero-order valence-corrected chi connectivity index (χ0v) is 39.0. The van der Waals surface area contributed by atoms with Crippen LogP contribution in [-0.4, -0.2) is 0 Å². The van der Waals surface area contributed by atoms with E-state index in [-0.39, 0.29) is 5.41 Å². The van der Waals surface area contributed by atoms with E-state index in [1.807, 2.05) is 0 Å². The van der Waals surface area contributed by atoms with Crippen molar-refractivity contribution in [2.45, 2.75) is 26.2 Å². The third kappa shape index (κ3) is 7.88. The Balaban J connectivity index is 0.976. The second-order valence-electron chi connectivity index (χ2n) is 19.0. The molecule has 11 aromatic carbocycles. The van der Waals surface area contributed by atoms with Crippen molar-refractivity contribution in [1.29, 1.82) is 0 Å². The smallest absolute Gasteiger partial charge is 0.136 e. The van der Waals surface area contributed by atoms with Crippen LogP contribution in [0.1, 0.15) is 26.3 Å². The van der Waals surface area contributed by atoms with Gasteiger partial charge in [-0.05, 0) is 140 Å². The Hall–Kier alpha value is -8.66. The molecule has 0 saturated heterocycles. The Bertz CT molecular complexity index is 3810. The van der Waals surface area contributed by atoms with Crippen molar-refractivity contribution in [3.63, 3.8) is 0 Å². The van der Waals surface area contributed by atoms with E-state index in [1.54, 1.807) is 0 Å². The van der Waals surface area contributed by atoms with E-state index >= 15 is 0 Å². The summed E-state index contributed by atoms with van der Waals surface area (Å²) in [7, 11) is 0. The number of para-hydroxylation sites is 2. The summed E-state index contributed by atoms with van der Waals surface area (Å²) in [5, 5.41) is 6.76. The van der Waals surface area contributed by atoms with Gasteiger partial charge in [0.05, 0.1) is 11.4 Å². The standard InChI is InChI=1S/C66H50N2O/c1-66(2,3)53-32-36-54(37-33-53)67(62-28-15-13-26-58(62)46-20-9-5-10-21-46)56-34-30-49-41-60-61-42-50-31-35-57(40-52(50)44-65(61)69-64(60)43-51(49)39-56)68(55-25-17-24-48(38-55)45-18-7-4-8-19-45)63-29-16-14-27-59(63)47-22-11-6-12-23-47/h4-44H,1-3H3. The maximum atomic E-state index is 6.84. The van der Waals surface area contributed by atoms with Gasteiger partial charge in [-0.2, -0.15) is 0 Å². The topological polar surface area (TPSA) is 19.6 Å². The van der Waals surface area contributed by atoms with Crippen molar-refractivity contribution in [3.05, 3.63) is 254 Å². The van der Waals surface area contributed by atoms with Gasteiger partial charge in [0.2, 0.25) is 0 Å². The van der Waals surface area contributed by atoms with Gasteiger partial charge in [0, 0.05) is 44.6 Å². The van der Waals surface area contributed by atoms with Gasteiger partial charge in [-0.1, -0.05) is 185 Å². The minimum Gasteiger partial charge on any atom is -0.456 e. The predicted octanol–water partition coefficient (Wildman–Crippen LogP) is 19.1. The molecule has 0 unspecified atom stereocenters. The Kier molecular flexibility index (Phi) is 10.4. The van der Waals surface area contributed by atoms with E-state index in [0.717, 1.165) is 83.2 Å². The number of hydrogen-bond acceptors (Lipinski definition) is 3. The lowest BCUT2D eigenvalue weighted by Crippen LogP contribution is -2.13. The first kappa shape index (κ1) is 41.7. The molecule has 0 spiro atoms. The van der Waals surface area contributed by atoms with Crippen molar-refractivity contribution in [3.8, 4) is 33.4 Å². The number of benzene rings is 11. The lowest BCUT2D eigenvalue weighted by molar-refractivity contribution is 0.590. The second-order valence-corrected chi connectivity index (χ2v) is 19.0. The largest absolute Gasteiger partial charge is 0.456 e. The Labute approximate surface area is 403 Å². The van der Waals surface area contributed by atoms with Crippen LogP contribution >= 0.6 is 0 Å². The summed E-state index contributed by atoms with van der Waals surface area (Å²) in [6.45, 7) is 6.79. The molecular formula is C66H50N2O. The molecule has 0 aliphatic heterocycles. The van der Waals surface area contributed by atoms with Gasteiger partial charge in [-0.3, -0.25) is 0 Å². The lowest BCUT2D eigenvalue weighted by Gasteiger charge is -2.29. The van der Waals surface area contributed by atoms with Crippen molar-refractivity contribution in [2.24, 2.45) is 0 Å². The fourth-order valence-electron chi connectivity index (χ4n) is 10.00. The molecule has 3 nitrogen and oxygen atoms in total. The summed E-state index contributed by atoms with van der Waals surface area (Å²) in [4.78, 5) is 4.78. The molecule has 0 fully saturated rings. The first-order valence-corrected chi connectivity index (χ1v) is 23.8. The van der Waals surface area contributed by atoms with E-state index < -0.39 is 0 Å². The van der Waals surface area contributed by atoms with Crippen LogP contribution < -0.4 is 9.80 Å². The van der Waals surface area contributed by atoms with Crippen LogP contribution in [0.25, 0.3) is 76.9 Å². The molecular weight excluding hydrogens is 837 g/mol. The monoisotopic (exact) mass is 886 g/mol. The molecule has 12 rings (SSSR count). The van der Waals surface area contributed by atoms with Gasteiger partial charge in [-0.15, -0.1) is 0 Å². The molecule has 1 heterocycles. The highest BCUT2D eigenvalue weighted by Crippen LogP contribution is 2.46. The third-order valence-electron chi connectivity index (χ3n) is 13.5. The molecule has 0 radical (unpaired) electrons. The fraction of sp³-hybridized carbons (Fsp3) is 0.0606. The van der Waals surface area contributed by atoms with E-state index in [4.69, 9.17) is 4.42 Å². The molecule has 3 heteroatoms. The fourth-order valence-corrected chi connectivity index (χ4v) is 10.00. The predicted molar refractivity (Wildman–Crippen MR) is 293 cm³/mol. The highest BCUT2D eigenvalue weighted by Gasteiger charge is 2.22. The van der Waals surface area contributed by atoms with Gasteiger partial charge < -0.3 is 14.2 Å². The number of rotatable bonds is 9. The Morgan fingerprint density at radius 2 is 0.725 bits per heavy atom. The van der Waals surface area contributed by atoms with Crippen LogP contribution in [0.3, 0.4) is 0 Å². The van der Waals surface area contributed by atoms with Gasteiger partial charge >= 0.3 is 0 Å². The van der Waals surface area contributed by atoms with Crippen molar-refractivity contribution in [2.75, 3.05) is 9.80 Å². The lowest BCUT2D eigenvalue weighted by atomic mass is 9.87. The van der Waals surface area contributed by atoms with E-state index in [9.17, 15) is 0 Å². The maximum Gasteiger partial charge on any atom is 0.136 e. The number of fused-ring (bicyclic) bond motifs is 5. The number of anilines is 6. The molecule has 1 aromatic heterocycles. The quantitative estimate of drug-likeness (QED) is 0.144. The molecule has 0 saturated carbocycles. The summed E-state index contributed by atoms with van der Waals surface area (Å²) >= 11 is 0. The van der Waals surface area contributed by atoms with E-state index in [1.165, 1.54) is 33.4 Å². The minimum absolute atomic E-state index is 0.0464. The summed E-state index contributed by atoms with van der Waals surface area (Å²) in [5.41, 5.74) is 16.7. The molecule has 0 aliphatic carbocycles. The summed E-state index contributed by atoms with van der Waals surface area (Å²) in [6.07, 6.45) is 0. The first-order chi connectivity index (χ1) is 33.8. The molecule has 12 aromatic rings. The Morgan fingerprint density at radius 1 is 0.304 bits per heavy atom. The highest BCUT2D eigenvalue weighted by molar-refractivity contribution is 6.14. The van der Waals surface area contributed by atoms with Gasteiger partial charge in [0.15, 0.2) is 0 Å². The van der Waals surface area contributed by atoms with Crippen LogP contribution in [-0.2, 0) is 5.41 Å². The van der Waals surface area contributed by atoms with Crippen LogP contribution in [0.15, 0.2) is 253 Å². The molecule has 330 valence electrons. The summed E-state index contributed by atoms with van der Waals surface area (Å²) in [6, 6.07) is 89.9. The molecule has 0 bridgehead atoms. The summed E-state index contributed by atoms with van der Waals surface area (Å²) in [5.74, 6) is 0. The normalized spacial score (nSPS) is 11.7. The van der Waals surface area contributed by atoms with Crippen molar-refractivity contribution >= 4 is 77.6 Å². The van der Waals surface area contributed by atoms with Crippen LogP contribution in [0.5, 0.6) is 0 Å². The zero-order valence-electron chi connectivity index (χ0n) is 39.0.